The molecule has 0 aliphatic heterocycles. The third kappa shape index (κ3) is 16.5. The van der Waals surface area contributed by atoms with Gasteiger partial charge in [0.25, 0.3) is 0 Å². The Morgan fingerprint density at radius 1 is 1.24 bits per heavy atom. The first kappa shape index (κ1) is 23.5. The number of halogens is 1. The summed E-state index contributed by atoms with van der Waals surface area (Å²) in [6, 6.07) is 0. The molecule has 0 radical (unpaired) electrons. The molecule has 0 aliphatic carbocycles. The van der Waals surface area contributed by atoms with E-state index in [1.54, 1.807) is 7.11 Å². The molecule has 5 nitrogen and oxygen atoms in total. The van der Waals surface area contributed by atoms with Crippen molar-refractivity contribution < 1.29 is 4.74 Å². The van der Waals surface area contributed by atoms with Crippen LogP contribution >= 0.6 is 35.7 Å². The molecule has 0 atom stereocenters. The molecule has 0 fully saturated rings. The van der Waals surface area contributed by atoms with Crippen LogP contribution in [-0.2, 0) is 4.74 Å². The van der Waals surface area contributed by atoms with Gasteiger partial charge in [0.15, 0.2) is 5.96 Å². The molecule has 0 aromatic carbocycles. The van der Waals surface area contributed by atoms with Gasteiger partial charge in [-0.3, -0.25) is 4.99 Å². The van der Waals surface area contributed by atoms with Crippen LogP contribution in [0.3, 0.4) is 0 Å². The molecule has 0 aromatic heterocycles. The van der Waals surface area contributed by atoms with Gasteiger partial charge in [-0.05, 0) is 38.8 Å². The molecule has 128 valence electrons. The lowest BCUT2D eigenvalue weighted by molar-refractivity contribution is 0.180. The lowest BCUT2D eigenvalue weighted by atomic mass is 10.4. The summed E-state index contributed by atoms with van der Waals surface area (Å²) >= 11 is 1.87. The van der Waals surface area contributed by atoms with Crippen molar-refractivity contribution in [1.29, 1.82) is 0 Å². The molecule has 0 unspecified atom stereocenters. The molecule has 0 aromatic rings. The lowest BCUT2D eigenvalue weighted by Gasteiger charge is -2.18. The molecule has 0 bridgehead atoms. The third-order valence-corrected chi connectivity index (χ3v) is 3.49. The largest absolute Gasteiger partial charge is 0.385 e. The molecule has 0 heterocycles. The summed E-state index contributed by atoms with van der Waals surface area (Å²) in [4.78, 5) is 6.87. The SMILES string of the molecule is CCNC(=NCCCSC)NCCN(C)CCCOC.I. The van der Waals surface area contributed by atoms with Crippen molar-refractivity contribution in [2.24, 2.45) is 4.99 Å². The summed E-state index contributed by atoms with van der Waals surface area (Å²) < 4.78 is 5.06. The Kier molecular flexibility index (Phi) is 20.5. The van der Waals surface area contributed by atoms with Crippen LogP contribution in [0.1, 0.15) is 19.8 Å². The van der Waals surface area contributed by atoms with Gasteiger partial charge in [0.2, 0.25) is 0 Å². The van der Waals surface area contributed by atoms with Crippen LogP contribution < -0.4 is 10.6 Å². The number of guanidine groups is 1. The van der Waals surface area contributed by atoms with E-state index in [0.717, 1.165) is 58.1 Å². The van der Waals surface area contributed by atoms with E-state index in [1.165, 1.54) is 5.75 Å². The van der Waals surface area contributed by atoms with Crippen LogP contribution in [0, 0.1) is 0 Å². The van der Waals surface area contributed by atoms with Crippen molar-refractivity contribution in [3.63, 3.8) is 0 Å². The maximum atomic E-state index is 5.06. The van der Waals surface area contributed by atoms with E-state index >= 15 is 0 Å². The number of likely N-dealkylation sites (N-methyl/N-ethyl adjacent to an activating group) is 1. The fourth-order valence-corrected chi connectivity index (χ4v) is 2.12. The summed E-state index contributed by atoms with van der Waals surface area (Å²) in [7, 11) is 3.89. The zero-order chi connectivity index (χ0) is 15.1. The average Bonchev–Trinajstić information content (AvgIpc) is 2.44. The topological polar surface area (TPSA) is 48.9 Å². The minimum atomic E-state index is 0. The van der Waals surface area contributed by atoms with Gasteiger partial charge < -0.3 is 20.3 Å². The maximum Gasteiger partial charge on any atom is 0.191 e. The van der Waals surface area contributed by atoms with Crippen molar-refractivity contribution >= 4 is 41.7 Å². The Labute approximate surface area is 152 Å². The molecule has 0 aliphatic rings. The van der Waals surface area contributed by atoms with Gasteiger partial charge in [-0.25, -0.2) is 0 Å². The first-order valence-corrected chi connectivity index (χ1v) is 8.82. The Bertz CT molecular complexity index is 245. The maximum absolute atomic E-state index is 5.06. The van der Waals surface area contributed by atoms with Gasteiger partial charge in [-0.2, -0.15) is 11.8 Å². The Hall–Kier alpha value is 0.270. The molecule has 0 saturated carbocycles. The van der Waals surface area contributed by atoms with Gasteiger partial charge in [0, 0.05) is 46.4 Å². The predicted octanol–water partition coefficient (Wildman–Crippen LogP) is 1.88. The van der Waals surface area contributed by atoms with E-state index in [9.17, 15) is 0 Å². The van der Waals surface area contributed by atoms with Crippen LogP contribution in [0.5, 0.6) is 0 Å². The summed E-state index contributed by atoms with van der Waals surface area (Å²) in [5, 5.41) is 6.66. The fraction of sp³-hybridized carbons (Fsp3) is 0.929. The summed E-state index contributed by atoms with van der Waals surface area (Å²) in [5.41, 5.74) is 0. The number of nitrogens with one attached hydrogen (secondary N) is 2. The van der Waals surface area contributed by atoms with Gasteiger partial charge in [0.1, 0.15) is 0 Å². The van der Waals surface area contributed by atoms with Crippen LogP contribution in [0.2, 0.25) is 0 Å². The lowest BCUT2D eigenvalue weighted by Crippen LogP contribution is -2.41. The van der Waals surface area contributed by atoms with E-state index in [-0.39, 0.29) is 24.0 Å². The van der Waals surface area contributed by atoms with E-state index < -0.39 is 0 Å². The number of nitrogens with zero attached hydrogens (tertiary/aromatic N) is 2. The van der Waals surface area contributed by atoms with Crippen LogP contribution in [-0.4, -0.2) is 76.4 Å². The van der Waals surface area contributed by atoms with Crippen LogP contribution in [0.4, 0.5) is 0 Å². The number of methoxy groups -OCH3 is 1. The molecule has 0 rings (SSSR count). The number of ether oxygens (including phenoxy) is 1. The van der Waals surface area contributed by atoms with E-state index in [0.29, 0.717) is 0 Å². The minimum absolute atomic E-state index is 0. The smallest absolute Gasteiger partial charge is 0.191 e. The summed E-state index contributed by atoms with van der Waals surface area (Å²) in [6.07, 6.45) is 4.34. The van der Waals surface area contributed by atoms with Crippen molar-refractivity contribution in [3.8, 4) is 0 Å². The van der Waals surface area contributed by atoms with Gasteiger partial charge in [-0.1, -0.05) is 0 Å². The molecule has 0 spiro atoms. The monoisotopic (exact) mass is 432 g/mol. The Morgan fingerprint density at radius 3 is 2.62 bits per heavy atom. The zero-order valence-corrected chi connectivity index (χ0v) is 17.1. The Balaban J connectivity index is 0. The molecule has 7 heteroatoms. The third-order valence-electron chi connectivity index (χ3n) is 2.79. The highest BCUT2D eigenvalue weighted by atomic mass is 127. The summed E-state index contributed by atoms with van der Waals surface area (Å²) in [5.74, 6) is 2.10. The molecule has 0 amide bonds. The fourth-order valence-electron chi connectivity index (χ4n) is 1.70. The number of hydrogen-bond acceptors (Lipinski definition) is 4. The predicted molar refractivity (Wildman–Crippen MR) is 106 cm³/mol. The number of thioether (sulfide) groups is 1. The minimum Gasteiger partial charge on any atom is -0.385 e. The van der Waals surface area contributed by atoms with Gasteiger partial charge >= 0.3 is 0 Å². The van der Waals surface area contributed by atoms with Crippen molar-refractivity contribution in [2.45, 2.75) is 19.8 Å². The second-order valence-corrected chi connectivity index (χ2v) is 5.67. The highest BCUT2D eigenvalue weighted by Gasteiger charge is 2.00. The number of hydrogen-bond donors (Lipinski definition) is 2. The van der Waals surface area contributed by atoms with Crippen molar-refractivity contribution in [1.82, 2.24) is 15.5 Å². The molecule has 0 saturated heterocycles. The van der Waals surface area contributed by atoms with Crippen LogP contribution in [0.15, 0.2) is 4.99 Å². The molecule has 21 heavy (non-hydrogen) atoms. The second-order valence-electron chi connectivity index (χ2n) is 4.68. The highest BCUT2D eigenvalue weighted by Crippen LogP contribution is 1.95. The van der Waals surface area contributed by atoms with E-state index in [2.05, 4.69) is 40.8 Å². The van der Waals surface area contributed by atoms with Gasteiger partial charge in [0.05, 0.1) is 0 Å². The normalized spacial score (nSPS) is 11.4. The first-order chi connectivity index (χ1) is 9.74. The quantitative estimate of drug-likeness (QED) is 0.214. The number of aliphatic imine (C=N–C) groups is 1. The molecule has 2 N–H and O–H groups in total. The van der Waals surface area contributed by atoms with Crippen molar-refractivity contribution in [2.75, 3.05) is 65.5 Å². The number of rotatable bonds is 12. The van der Waals surface area contributed by atoms with E-state index in [4.69, 9.17) is 4.74 Å². The molecular formula is C14H33IN4OS. The van der Waals surface area contributed by atoms with Crippen molar-refractivity contribution in [3.05, 3.63) is 0 Å². The zero-order valence-electron chi connectivity index (χ0n) is 14.0. The second kappa shape index (κ2) is 18.3. The molecular weight excluding hydrogens is 399 g/mol. The van der Waals surface area contributed by atoms with Crippen LogP contribution in [0.25, 0.3) is 0 Å². The first-order valence-electron chi connectivity index (χ1n) is 7.43. The van der Waals surface area contributed by atoms with E-state index in [1.807, 2.05) is 11.8 Å². The highest BCUT2D eigenvalue weighted by molar-refractivity contribution is 14.0. The summed E-state index contributed by atoms with van der Waals surface area (Å²) in [6.45, 7) is 7.71. The Morgan fingerprint density at radius 2 is 2.00 bits per heavy atom. The average molecular weight is 432 g/mol. The standard InChI is InChI=1S/C14H32N4OS.HI/c1-5-15-14(16-8-6-13-20-4)17-9-11-18(2)10-7-12-19-3;/h5-13H2,1-4H3,(H2,15,16,17);1H. The van der Waals surface area contributed by atoms with Gasteiger partial charge in [-0.15, -0.1) is 24.0 Å².